The molecule has 0 bridgehead atoms. The number of nitrogens with zero attached hydrogens (tertiary/aromatic N) is 2. The molecular formula is C10H10N2O3S2. The molecule has 1 aliphatic rings. The molecular weight excluding hydrogens is 260 g/mol. The lowest BCUT2D eigenvalue weighted by Crippen LogP contribution is -2.39. The first-order valence-electron chi connectivity index (χ1n) is 5.06. The molecule has 1 aliphatic heterocycles. The molecule has 0 aliphatic carbocycles. The van der Waals surface area contributed by atoms with Crippen LogP contribution in [0.25, 0.3) is 0 Å². The lowest BCUT2D eigenvalue weighted by atomic mass is 10.1. The van der Waals surface area contributed by atoms with E-state index in [0.717, 1.165) is 11.3 Å². The van der Waals surface area contributed by atoms with Crippen LogP contribution >= 0.6 is 11.3 Å². The number of nitriles is 1. The molecule has 0 spiro atoms. The molecule has 90 valence electrons. The third kappa shape index (κ3) is 2.39. The van der Waals surface area contributed by atoms with Crippen molar-refractivity contribution in [1.82, 2.24) is 4.31 Å². The molecule has 7 heteroatoms. The summed E-state index contributed by atoms with van der Waals surface area (Å²) in [5.41, 5.74) is 0. The number of thiophene rings is 1. The van der Waals surface area contributed by atoms with E-state index < -0.39 is 10.0 Å². The van der Waals surface area contributed by atoms with E-state index in [9.17, 15) is 13.2 Å². The Hall–Kier alpha value is -1.23. The molecule has 0 atom stereocenters. The summed E-state index contributed by atoms with van der Waals surface area (Å²) < 4.78 is 25.6. The molecule has 2 heterocycles. The molecule has 1 saturated heterocycles. The second-order valence-corrected chi connectivity index (χ2v) is 6.96. The third-order valence-corrected chi connectivity index (χ3v) is 5.80. The number of ketones is 1. The maximum absolute atomic E-state index is 12.1. The van der Waals surface area contributed by atoms with Gasteiger partial charge in [-0.15, -0.1) is 11.3 Å². The first-order valence-corrected chi connectivity index (χ1v) is 7.31. The standard InChI is InChI=1S/C10H10N2O3S2/c11-6-9-3-4-10(16-9)17(14,15)12-5-1-2-8(13)7-12/h3-4H,1-2,5,7H2. The van der Waals surface area contributed by atoms with Gasteiger partial charge in [-0.25, -0.2) is 8.42 Å². The minimum absolute atomic E-state index is 0.0535. The minimum atomic E-state index is -3.60. The van der Waals surface area contributed by atoms with Gasteiger partial charge in [-0.05, 0) is 18.6 Å². The number of hydrogen-bond acceptors (Lipinski definition) is 5. The SMILES string of the molecule is N#Cc1ccc(S(=O)(=O)N2CCCC(=O)C2)s1. The molecule has 0 N–H and O–H groups in total. The number of sulfonamides is 1. The highest BCUT2D eigenvalue weighted by Gasteiger charge is 2.30. The smallest absolute Gasteiger partial charge is 0.252 e. The van der Waals surface area contributed by atoms with E-state index in [-0.39, 0.29) is 16.5 Å². The molecule has 0 radical (unpaired) electrons. The number of hydrogen-bond donors (Lipinski definition) is 0. The van der Waals surface area contributed by atoms with Crippen molar-refractivity contribution in [2.45, 2.75) is 17.1 Å². The number of carbonyl (C=O) groups excluding carboxylic acids is 1. The van der Waals surface area contributed by atoms with Crippen molar-refractivity contribution in [3.05, 3.63) is 17.0 Å². The molecule has 17 heavy (non-hydrogen) atoms. The molecule has 0 amide bonds. The second-order valence-electron chi connectivity index (χ2n) is 3.71. The molecule has 1 aromatic heterocycles. The van der Waals surface area contributed by atoms with Crippen molar-refractivity contribution in [3.63, 3.8) is 0 Å². The van der Waals surface area contributed by atoms with Crippen LogP contribution in [-0.4, -0.2) is 31.6 Å². The van der Waals surface area contributed by atoms with Crippen LogP contribution in [0.2, 0.25) is 0 Å². The Morgan fingerprint density at radius 2 is 2.18 bits per heavy atom. The van der Waals surface area contributed by atoms with Gasteiger partial charge in [0.1, 0.15) is 20.9 Å². The average molecular weight is 270 g/mol. The molecule has 5 nitrogen and oxygen atoms in total. The summed E-state index contributed by atoms with van der Waals surface area (Å²) in [5, 5.41) is 8.67. The number of rotatable bonds is 2. The van der Waals surface area contributed by atoms with E-state index in [0.29, 0.717) is 24.3 Å². The molecule has 0 aromatic carbocycles. The molecule has 0 unspecified atom stereocenters. The Labute approximate surface area is 103 Å². The van der Waals surface area contributed by atoms with Crippen molar-refractivity contribution in [2.75, 3.05) is 13.1 Å². The monoisotopic (exact) mass is 270 g/mol. The van der Waals surface area contributed by atoms with Gasteiger partial charge in [0.05, 0.1) is 6.54 Å². The summed E-state index contributed by atoms with van der Waals surface area (Å²) in [6, 6.07) is 4.79. The van der Waals surface area contributed by atoms with Crippen LogP contribution in [0.1, 0.15) is 17.7 Å². The van der Waals surface area contributed by atoms with Crippen LogP contribution in [0, 0.1) is 11.3 Å². The van der Waals surface area contributed by atoms with Gasteiger partial charge in [-0.3, -0.25) is 4.79 Å². The van der Waals surface area contributed by atoms with Crippen LogP contribution in [-0.2, 0) is 14.8 Å². The van der Waals surface area contributed by atoms with Gasteiger partial charge in [0.15, 0.2) is 0 Å². The van der Waals surface area contributed by atoms with Crippen LogP contribution < -0.4 is 0 Å². The van der Waals surface area contributed by atoms with Crippen LogP contribution in [0.4, 0.5) is 0 Å². The van der Waals surface area contributed by atoms with Crippen molar-refractivity contribution < 1.29 is 13.2 Å². The summed E-state index contributed by atoms with van der Waals surface area (Å²) in [6.45, 7) is 0.315. The van der Waals surface area contributed by atoms with E-state index in [4.69, 9.17) is 5.26 Å². The zero-order chi connectivity index (χ0) is 12.5. The molecule has 1 fully saturated rings. The lowest BCUT2D eigenvalue weighted by molar-refractivity contribution is -0.120. The maximum atomic E-state index is 12.1. The Bertz CT molecular complexity index is 583. The highest BCUT2D eigenvalue weighted by atomic mass is 32.2. The van der Waals surface area contributed by atoms with E-state index in [1.54, 1.807) is 0 Å². The number of Topliss-reactive ketones (excluding diaryl/α,β-unsaturated/α-hetero) is 1. The predicted molar refractivity (Wildman–Crippen MR) is 62.0 cm³/mol. The van der Waals surface area contributed by atoms with Gasteiger partial charge in [0, 0.05) is 13.0 Å². The van der Waals surface area contributed by atoms with Crippen molar-refractivity contribution in [2.24, 2.45) is 0 Å². The van der Waals surface area contributed by atoms with E-state index in [1.165, 1.54) is 16.4 Å². The Morgan fingerprint density at radius 1 is 1.41 bits per heavy atom. The summed E-state index contributed by atoms with van der Waals surface area (Å²) in [6.07, 6.45) is 1.01. The fourth-order valence-corrected chi connectivity index (χ4v) is 4.38. The Kier molecular flexibility index (Phi) is 3.28. The topological polar surface area (TPSA) is 78.2 Å². The predicted octanol–water partition coefficient (Wildman–Crippen LogP) is 0.973. The van der Waals surface area contributed by atoms with Crippen LogP contribution in [0.5, 0.6) is 0 Å². The Balaban J connectivity index is 2.30. The van der Waals surface area contributed by atoms with Crippen molar-refractivity contribution >= 4 is 27.1 Å². The van der Waals surface area contributed by atoms with Gasteiger partial charge < -0.3 is 0 Å². The maximum Gasteiger partial charge on any atom is 0.252 e. The summed E-state index contributed by atoms with van der Waals surface area (Å²) in [4.78, 5) is 11.6. The molecule has 1 aromatic rings. The summed E-state index contributed by atoms with van der Waals surface area (Å²) in [7, 11) is -3.60. The van der Waals surface area contributed by atoms with Crippen LogP contribution in [0.15, 0.2) is 16.3 Å². The fraction of sp³-hybridized carbons (Fsp3) is 0.400. The van der Waals surface area contributed by atoms with Gasteiger partial charge in [-0.1, -0.05) is 0 Å². The summed E-state index contributed by atoms with van der Waals surface area (Å²) in [5.74, 6) is -0.0584. The van der Waals surface area contributed by atoms with Crippen LogP contribution in [0.3, 0.4) is 0 Å². The summed E-state index contributed by atoms with van der Waals surface area (Å²) >= 11 is 0.933. The quantitative estimate of drug-likeness (QED) is 0.802. The first-order chi connectivity index (χ1) is 8.04. The average Bonchev–Trinajstić information content (AvgIpc) is 2.78. The zero-order valence-electron chi connectivity index (χ0n) is 8.92. The minimum Gasteiger partial charge on any atom is -0.298 e. The second kappa shape index (κ2) is 4.56. The zero-order valence-corrected chi connectivity index (χ0v) is 10.6. The van der Waals surface area contributed by atoms with Gasteiger partial charge >= 0.3 is 0 Å². The van der Waals surface area contributed by atoms with E-state index >= 15 is 0 Å². The largest absolute Gasteiger partial charge is 0.298 e. The van der Waals surface area contributed by atoms with Crippen molar-refractivity contribution in [3.8, 4) is 6.07 Å². The van der Waals surface area contributed by atoms with E-state index in [1.807, 2.05) is 6.07 Å². The van der Waals surface area contributed by atoms with Gasteiger partial charge in [-0.2, -0.15) is 9.57 Å². The first kappa shape index (κ1) is 12.2. The Morgan fingerprint density at radius 3 is 2.76 bits per heavy atom. The molecule has 0 saturated carbocycles. The fourth-order valence-electron chi connectivity index (χ4n) is 1.66. The highest BCUT2D eigenvalue weighted by molar-refractivity contribution is 7.91. The highest BCUT2D eigenvalue weighted by Crippen LogP contribution is 2.25. The van der Waals surface area contributed by atoms with Gasteiger partial charge in [0.25, 0.3) is 10.0 Å². The lowest BCUT2D eigenvalue weighted by Gasteiger charge is -2.24. The van der Waals surface area contributed by atoms with Crippen molar-refractivity contribution in [1.29, 1.82) is 5.26 Å². The number of carbonyl (C=O) groups is 1. The normalized spacial score (nSPS) is 17.9. The van der Waals surface area contributed by atoms with E-state index in [2.05, 4.69) is 0 Å². The third-order valence-electron chi connectivity index (χ3n) is 2.50. The molecule has 2 rings (SSSR count). The van der Waals surface area contributed by atoms with Gasteiger partial charge in [0.2, 0.25) is 0 Å². The number of piperidine rings is 1.